The van der Waals surface area contributed by atoms with Crippen molar-refractivity contribution in [3.63, 3.8) is 0 Å². The number of aliphatic hydroxyl groups excluding tert-OH is 1. The molecular weight excluding hydrogens is 1060 g/mol. The summed E-state index contributed by atoms with van der Waals surface area (Å²) in [5.41, 5.74) is 5.95. The summed E-state index contributed by atoms with van der Waals surface area (Å²) in [4.78, 5) is 154. The summed E-state index contributed by atoms with van der Waals surface area (Å²) in [6.07, 6.45) is -3.27. The van der Waals surface area contributed by atoms with E-state index < -0.39 is 157 Å². The summed E-state index contributed by atoms with van der Waals surface area (Å²) >= 11 is 1.90. The van der Waals surface area contributed by atoms with E-state index in [1.807, 2.05) is 22.6 Å². The van der Waals surface area contributed by atoms with Gasteiger partial charge in [-0.1, -0.05) is 54.0 Å². The van der Waals surface area contributed by atoms with E-state index in [0.29, 0.717) is 9.13 Å². The zero-order valence-electron chi connectivity index (χ0n) is 41.5. The molecule has 10 atom stereocenters. The largest absolute Gasteiger partial charge is 0.507 e. The maximum absolute atomic E-state index is 13.9. The summed E-state index contributed by atoms with van der Waals surface area (Å²) in [6.45, 7) is 12.5. The molecule has 0 saturated carbocycles. The maximum atomic E-state index is 13.9. The first-order valence-electron chi connectivity index (χ1n) is 22.9. The van der Waals surface area contributed by atoms with Gasteiger partial charge in [0.1, 0.15) is 54.1 Å². The molecule has 0 aromatic heterocycles. The zero-order valence-corrected chi connectivity index (χ0v) is 43.7. The molecule has 72 heavy (non-hydrogen) atoms. The Balaban J connectivity index is 3.16. The molecule has 0 fully saturated rings. The van der Waals surface area contributed by atoms with Gasteiger partial charge in [0.05, 0.1) is 29.1 Å². The number of halogens is 1. The fourth-order valence-corrected chi connectivity index (χ4v) is 7.29. The van der Waals surface area contributed by atoms with Crippen LogP contribution in [0.3, 0.4) is 0 Å². The first-order valence-corrected chi connectivity index (χ1v) is 24.0. The highest BCUT2D eigenvalue weighted by atomic mass is 127. The molecule has 0 aliphatic rings. The van der Waals surface area contributed by atoms with Crippen LogP contribution < -0.4 is 53.6 Å². The molecule has 0 saturated heterocycles. The van der Waals surface area contributed by atoms with E-state index in [2.05, 4.69) is 47.9 Å². The number of nitrogens with two attached hydrogens (primary N) is 1. The van der Waals surface area contributed by atoms with E-state index in [1.165, 1.54) is 33.8 Å². The molecule has 1 aromatic carbocycles. The number of hydrogen-bond donors (Lipinski definition) is 14. The molecule has 0 bridgehead atoms. The third-order valence-electron chi connectivity index (χ3n) is 10.8. The minimum atomic E-state index is -1.88. The Hall–Kier alpha value is -6.65. The molecule has 0 heterocycles. The Bertz CT molecular complexity index is 2160. The van der Waals surface area contributed by atoms with Crippen LogP contribution in [0, 0.1) is 21.3 Å². The van der Waals surface area contributed by atoms with E-state index in [-0.39, 0.29) is 30.9 Å². The third kappa shape index (κ3) is 22.2. The van der Waals surface area contributed by atoms with Crippen molar-refractivity contribution in [1.29, 1.82) is 0 Å². The number of carbonyl (C=O) groups excluding carboxylic acids is 10. The summed E-state index contributed by atoms with van der Waals surface area (Å²) in [7, 11) is 0. The molecule has 26 nitrogen and oxygen atoms in total. The molecule has 15 N–H and O–H groups in total. The van der Waals surface area contributed by atoms with Crippen LogP contribution in [-0.4, -0.2) is 152 Å². The van der Waals surface area contributed by atoms with Crippen molar-refractivity contribution in [3.8, 4) is 5.75 Å². The predicted molar refractivity (Wildman–Crippen MR) is 263 cm³/mol. The molecule has 10 amide bonds. The zero-order chi connectivity index (χ0) is 55.3. The number of carbonyl (C=O) groups is 12. The molecule has 0 aliphatic heterocycles. The van der Waals surface area contributed by atoms with E-state index in [0.717, 1.165) is 6.92 Å². The second kappa shape index (κ2) is 30.3. The van der Waals surface area contributed by atoms with Crippen LogP contribution in [0.1, 0.15) is 93.6 Å². The lowest BCUT2D eigenvalue weighted by Gasteiger charge is -2.30. The number of phenolic OH excluding ortho intramolecular Hbond substituents is 1. The predicted octanol–water partition coefficient (Wildman–Crippen LogP) is -2.86. The Morgan fingerprint density at radius 2 is 1.14 bits per heavy atom. The number of aliphatic carboxylic acids is 2. The van der Waals surface area contributed by atoms with Gasteiger partial charge in [-0.25, -0.2) is 4.79 Å². The van der Waals surface area contributed by atoms with Gasteiger partial charge < -0.3 is 74.0 Å². The lowest BCUT2D eigenvalue weighted by atomic mass is 9.95. The van der Waals surface area contributed by atoms with Crippen molar-refractivity contribution in [2.24, 2.45) is 23.5 Å². The topological polar surface area (TPSA) is 420 Å². The van der Waals surface area contributed by atoms with Gasteiger partial charge in [-0.2, -0.15) is 0 Å². The van der Waals surface area contributed by atoms with Gasteiger partial charge in [-0.3, -0.25) is 52.7 Å². The van der Waals surface area contributed by atoms with Gasteiger partial charge in [-0.15, -0.1) is 0 Å². The summed E-state index contributed by atoms with van der Waals surface area (Å²) in [5.74, 6) is -14.3. The van der Waals surface area contributed by atoms with Crippen molar-refractivity contribution in [2.75, 3.05) is 6.54 Å². The number of primary amides is 1. The van der Waals surface area contributed by atoms with Crippen LogP contribution in [0.5, 0.6) is 5.75 Å². The Morgan fingerprint density at radius 1 is 0.625 bits per heavy atom. The summed E-state index contributed by atoms with van der Waals surface area (Å²) in [6, 6.07) is -7.55. The minimum Gasteiger partial charge on any atom is -0.507 e. The van der Waals surface area contributed by atoms with E-state index in [1.54, 1.807) is 39.8 Å². The maximum Gasteiger partial charge on any atom is 0.326 e. The number of aliphatic hydroxyl groups is 1. The summed E-state index contributed by atoms with van der Waals surface area (Å²) in [5, 5.41) is 60.5. The minimum absolute atomic E-state index is 0.00971. The lowest BCUT2D eigenvalue weighted by molar-refractivity contribution is -0.144. The highest BCUT2D eigenvalue weighted by Gasteiger charge is 2.37. The molecular formula is C45H69IN10O16. The van der Waals surface area contributed by atoms with Crippen LogP contribution in [-0.2, 0) is 64.0 Å². The van der Waals surface area contributed by atoms with Crippen molar-refractivity contribution in [3.05, 3.63) is 27.3 Å². The molecule has 1 aromatic rings. The molecule has 0 radical (unpaired) electrons. The SMILES string of the molecule is CC[C@H](C)[C@H](NC(=O)[C@@H](NC(=O)[C@@H](NC(=O)CNC(=O)[C@H](C)NC(=O)[C@H](Cc1ccc(O)c(I)c1)NC(C)=O)[C@@H](C)O)C(C)C)C(=O)N[C@@H](CC(N)=O)C(=O)N[C@@H](CC(=O)O)C(=O)N[C@@H](CC(C)C)C(=O)O. The average Bonchev–Trinajstić information content (AvgIpc) is 3.26. The molecule has 0 unspecified atom stereocenters. The number of benzene rings is 1. The lowest BCUT2D eigenvalue weighted by Crippen LogP contribution is -2.62. The second-order valence-electron chi connectivity index (χ2n) is 18.0. The van der Waals surface area contributed by atoms with Gasteiger partial charge in [0.2, 0.25) is 59.1 Å². The van der Waals surface area contributed by atoms with Crippen molar-refractivity contribution in [2.45, 2.75) is 149 Å². The Labute approximate surface area is 429 Å². The number of carboxylic acid groups (broad SMARTS) is 2. The van der Waals surface area contributed by atoms with E-state index in [9.17, 15) is 78.0 Å². The fourth-order valence-electron chi connectivity index (χ4n) is 6.71. The van der Waals surface area contributed by atoms with Gasteiger partial charge >= 0.3 is 11.9 Å². The molecule has 402 valence electrons. The standard InChI is InChI=1S/C45H69IN10O16/c1-10-21(6)36(43(69)52-28(16-32(47)60)40(66)51-29(17-34(62)63)41(67)53-30(45(71)72)13-19(2)3)56-42(68)35(20(4)5)55-44(70)37(23(8)57)54-33(61)18-48-38(64)22(7)49-39(65)27(50-24(9)58)15-25-11-12-31(59)26(46)14-25/h11-12,14,19-23,27-30,35-37,57,59H,10,13,15-18H2,1-9H3,(H2,47,60)(H,48,64)(H,49,65)(H,50,58)(H,51,66)(H,52,69)(H,53,67)(H,54,61)(H,55,70)(H,56,68)(H,62,63)(H,71,72)/t21-,22-,23+,27-,28-,29-,30-,35-,36-,37-/m0/s1. The number of nitrogens with one attached hydrogen (secondary N) is 9. The Morgan fingerprint density at radius 3 is 1.62 bits per heavy atom. The molecule has 27 heteroatoms. The van der Waals surface area contributed by atoms with Gasteiger partial charge in [0.25, 0.3) is 0 Å². The van der Waals surface area contributed by atoms with E-state index >= 15 is 0 Å². The van der Waals surface area contributed by atoms with Crippen LogP contribution >= 0.6 is 22.6 Å². The Kier molecular flexibility index (Phi) is 26.6. The second-order valence-corrected chi connectivity index (χ2v) is 19.2. The number of carboxylic acids is 2. The number of aromatic hydroxyl groups is 1. The van der Waals surface area contributed by atoms with Crippen LogP contribution in [0.25, 0.3) is 0 Å². The fraction of sp³-hybridized carbons (Fsp3) is 0.600. The van der Waals surface area contributed by atoms with Crippen molar-refractivity contribution in [1.82, 2.24) is 47.9 Å². The number of amides is 10. The van der Waals surface area contributed by atoms with Gasteiger partial charge in [0, 0.05) is 13.3 Å². The number of phenols is 1. The first-order chi connectivity index (χ1) is 33.4. The van der Waals surface area contributed by atoms with E-state index in [4.69, 9.17) is 5.73 Å². The normalized spacial score (nSPS) is 15.2. The van der Waals surface area contributed by atoms with Crippen molar-refractivity contribution >= 4 is 93.6 Å². The first kappa shape index (κ1) is 63.4. The van der Waals surface area contributed by atoms with Crippen molar-refractivity contribution < 1.29 is 78.0 Å². The van der Waals surface area contributed by atoms with Crippen LogP contribution in [0.15, 0.2) is 18.2 Å². The molecule has 1 rings (SSSR count). The number of rotatable bonds is 30. The smallest absolute Gasteiger partial charge is 0.326 e. The summed E-state index contributed by atoms with van der Waals surface area (Å²) < 4.78 is 0.504. The highest BCUT2D eigenvalue weighted by molar-refractivity contribution is 14.1. The molecule has 0 spiro atoms. The third-order valence-corrected chi connectivity index (χ3v) is 11.7. The molecule has 0 aliphatic carbocycles. The average molecular weight is 1130 g/mol. The quantitative estimate of drug-likeness (QED) is 0.0345. The van der Waals surface area contributed by atoms with Gasteiger partial charge in [-0.05, 0) is 78.3 Å². The van der Waals surface area contributed by atoms with Gasteiger partial charge in [0.15, 0.2) is 0 Å². The van der Waals surface area contributed by atoms with Crippen LogP contribution in [0.2, 0.25) is 0 Å². The highest BCUT2D eigenvalue weighted by Crippen LogP contribution is 2.21. The number of hydrogen-bond acceptors (Lipinski definition) is 14. The van der Waals surface area contributed by atoms with Crippen LogP contribution in [0.4, 0.5) is 0 Å². The monoisotopic (exact) mass is 1130 g/mol.